The van der Waals surface area contributed by atoms with Crippen LogP contribution in [-0.2, 0) is 92.9 Å². The molecule has 2 aromatic heterocycles. The van der Waals surface area contributed by atoms with Gasteiger partial charge in [-0.05, 0) is 320 Å². The lowest BCUT2D eigenvalue weighted by molar-refractivity contribution is -0.0870. The van der Waals surface area contributed by atoms with Crippen LogP contribution >= 0.6 is 34.8 Å². The second-order valence-corrected chi connectivity index (χ2v) is 49.6. The molecule has 758 valence electrons. The molecule has 0 saturated heterocycles. The number of nitrogens with one attached hydrogen (secondary N) is 3. The minimum Gasteiger partial charge on any atom is -0.490 e. The molecule has 142 heavy (non-hydrogen) atoms. The number of anilines is 3. The zero-order valence-electron chi connectivity index (χ0n) is 82.2. The first-order valence-electron chi connectivity index (χ1n) is 50.0. The van der Waals surface area contributed by atoms with Gasteiger partial charge >= 0.3 is 0 Å². The van der Waals surface area contributed by atoms with Crippen LogP contribution in [0.15, 0.2) is 176 Å². The first kappa shape index (κ1) is 102. The molecule has 6 aromatic carbocycles. The number of amides is 3. The largest absolute Gasteiger partial charge is 0.490 e. The second-order valence-electron chi connectivity index (χ2n) is 42.2. The number of azide groups is 1. The third-order valence-electron chi connectivity index (χ3n) is 34.0. The number of carbonyl (C=O) groups excluding carboxylic acids is 3. The van der Waals surface area contributed by atoms with Crippen LogP contribution in [0.2, 0.25) is 15.1 Å². The van der Waals surface area contributed by atoms with E-state index in [1.807, 2.05) is 97.2 Å². The summed E-state index contributed by atoms with van der Waals surface area (Å²) in [4.78, 5) is 50.7. The molecule has 8 heterocycles. The molecule has 3 saturated carbocycles. The lowest BCUT2D eigenvalue weighted by atomic mass is 9.63. The highest BCUT2D eigenvalue weighted by Crippen LogP contribution is 2.55. The molecule has 36 heteroatoms. The van der Waals surface area contributed by atoms with Gasteiger partial charge in [0.25, 0.3) is 17.7 Å². The van der Waals surface area contributed by atoms with Crippen LogP contribution in [0.3, 0.4) is 0 Å². The van der Waals surface area contributed by atoms with Crippen LogP contribution in [0.5, 0.6) is 17.2 Å². The molecular formula is C106H130Cl3N15O15S3. The van der Waals surface area contributed by atoms with Gasteiger partial charge in [0.15, 0.2) is 0 Å². The van der Waals surface area contributed by atoms with Crippen LogP contribution in [0.4, 0.5) is 17.1 Å². The predicted octanol–water partition coefficient (Wildman–Crippen LogP) is 17.7. The van der Waals surface area contributed by atoms with Gasteiger partial charge in [0, 0.05) is 126 Å². The van der Waals surface area contributed by atoms with Gasteiger partial charge in [-0.2, -0.15) is 0 Å². The Morgan fingerprint density at radius 2 is 0.761 bits per heavy atom. The van der Waals surface area contributed by atoms with E-state index in [2.05, 4.69) is 108 Å². The van der Waals surface area contributed by atoms with E-state index in [4.69, 9.17) is 63.2 Å². The molecule has 3 spiro atoms. The number of aryl methyl sites for hydroxylation is 3. The molecule has 6 aliphatic heterocycles. The highest BCUT2D eigenvalue weighted by Gasteiger charge is 2.55. The Kier molecular flexibility index (Phi) is 29.8. The van der Waals surface area contributed by atoms with E-state index in [1.165, 1.54) is 33.4 Å². The van der Waals surface area contributed by atoms with Crippen molar-refractivity contribution in [3.8, 4) is 17.2 Å². The smallest absolute Gasteiger partial charge is 0.264 e. The highest BCUT2D eigenvalue weighted by atomic mass is 35.5. The average molecular weight is 2060 g/mol. The SMILES string of the molecule is COC1(CN=[N+]=[N-])/C=C/C[C@H](C)[C@@H](C)S(=O)(=O)NC(=O)c2ccc3c(c2)N(C[C@@H]2CC[C@H]21)C[C@@]1(CCCc2cc(Cl)ccc21)CO3.CO[C@]1(Cn2ccnn2)/C=C/C[C@H](C)[C@@H](C)S(=O)(=O)NC(=O)c2ccc3c(c2)N(C[C@@H]2CC[C@H]21)C[C@@]1(CCCc2cc(Cl)ccc21)CO3.CO[C@]1(Cn2ccnn2)/C=C/C[C@H](C)[C@@H](C)S(=O)(=O)NC(=O)c2ccc3c(c2)N(C[C@@H]2CC[C@H]21)C[C@@]1(CCCc2cc(Cl)ccc21)CO3. The number of methoxy groups -OCH3 is 3. The Morgan fingerprint density at radius 1 is 0.444 bits per heavy atom. The van der Waals surface area contributed by atoms with E-state index < -0.39 is 80.3 Å². The van der Waals surface area contributed by atoms with Gasteiger partial charge in [-0.1, -0.05) is 126 Å². The molecule has 0 radical (unpaired) electrons. The molecule has 20 rings (SSSR count). The molecule has 6 bridgehead atoms. The summed E-state index contributed by atoms with van der Waals surface area (Å²) < 4.78 is 130. The zero-order valence-corrected chi connectivity index (χ0v) is 86.9. The number of hydrogen-bond donors (Lipinski definition) is 3. The van der Waals surface area contributed by atoms with Crippen molar-refractivity contribution in [2.45, 2.75) is 219 Å². The fraction of sp³-hybridized carbons (Fsp3) is 0.538. The molecule has 1 unspecified atom stereocenters. The van der Waals surface area contributed by atoms with Gasteiger partial charge in [-0.15, -0.1) is 10.2 Å². The topological polar surface area (TPSA) is 365 Å². The van der Waals surface area contributed by atoms with Crippen molar-refractivity contribution in [3.63, 3.8) is 0 Å². The van der Waals surface area contributed by atoms with Gasteiger partial charge < -0.3 is 43.1 Å². The Balaban J connectivity index is 0.000000141. The van der Waals surface area contributed by atoms with E-state index in [0.29, 0.717) is 101 Å². The monoisotopic (exact) mass is 2050 g/mol. The van der Waals surface area contributed by atoms with Crippen molar-refractivity contribution < 1.29 is 68.1 Å². The number of allylic oxidation sites excluding steroid dienone is 3. The van der Waals surface area contributed by atoms with E-state index in [9.17, 15) is 45.2 Å². The third kappa shape index (κ3) is 20.5. The summed E-state index contributed by atoms with van der Waals surface area (Å²) >= 11 is 19.3. The second kappa shape index (κ2) is 41.5. The first-order chi connectivity index (χ1) is 68.0. The number of fused-ring (bicyclic) bond motifs is 12. The third-order valence-corrected chi connectivity index (χ3v) is 40.4. The minimum absolute atomic E-state index is 0.0659. The normalized spacial score (nSPS) is 32.4. The number of hydrogen-bond acceptors (Lipinski definition) is 23. The van der Waals surface area contributed by atoms with Crippen LogP contribution < -0.4 is 43.1 Å². The van der Waals surface area contributed by atoms with Crippen molar-refractivity contribution in [2.24, 2.45) is 58.4 Å². The fourth-order valence-corrected chi connectivity index (χ4v) is 29.1. The number of ether oxygens (including phenoxy) is 6. The molecule has 3 N–H and O–H groups in total. The van der Waals surface area contributed by atoms with Crippen molar-refractivity contribution in [1.29, 1.82) is 0 Å². The summed E-state index contributed by atoms with van der Waals surface area (Å²) in [6, 6.07) is 34.3. The first-order valence-corrected chi connectivity index (χ1v) is 55.8. The number of sulfonamides is 3. The van der Waals surface area contributed by atoms with Gasteiger partial charge in [-0.25, -0.2) is 48.8 Å². The number of nitrogens with zero attached hydrogens (tertiary/aromatic N) is 12. The number of aromatic nitrogens is 6. The molecule has 18 atom stereocenters. The lowest BCUT2D eigenvalue weighted by Gasteiger charge is -2.50. The minimum atomic E-state index is -3.98. The average Bonchev–Trinajstić information content (AvgIpc) is 0.979. The summed E-state index contributed by atoms with van der Waals surface area (Å²) in [5.74, 6) is 0.461. The maximum Gasteiger partial charge on any atom is 0.264 e. The van der Waals surface area contributed by atoms with Crippen molar-refractivity contribution >= 4 is 99.7 Å². The number of rotatable bonds is 9. The summed E-state index contributed by atoms with van der Waals surface area (Å²) in [5, 5.41) is 20.4. The van der Waals surface area contributed by atoms with E-state index >= 15 is 0 Å². The van der Waals surface area contributed by atoms with Crippen LogP contribution in [0, 0.1) is 53.3 Å². The number of halogens is 3. The summed E-state index contributed by atoms with van der Waals surface area (Å²) in [5.41, 5.74) is 16.9. The van der Waals surface area contributed by atoms with Crippen molar-refractivity contribution in [2.75, 3.05) is 102 Å². The Bertz CT molecular complexity index is 6290. The van der Waals surface area contributed by atoms with Crippen LogP contribution in [0.25, 0.3) is 10.4 Å². The van der Waals surface area contributed by atoms with Gasteiger partial charge in [0.05, 0.1) is 90.3 Å². The quantitative estimate of drug-likeness (QED) is 0.0523. The van der Waals surface area contributed by atoms with Gasteiger partial charge in [0.1, 0.15) is 28.5 Å². The number of carbonyl (C=O) groups is 3. The molecule has 6 aliphatic carbocycles. The van der Waals surface area contributed by atoms with E-state index in [0.717, 1.165) is 137 Å². The van der Waals surface area contributed by atoms with Gasteiger partial charge in [-0.3, -0.25) is 14.4 Å². The summed E-state index contributed by atoms with van der Waals surface area (Å²) in [6.07, 6.45) is 35.4. The molecule has 12 aliphatic rings. The van der Waals surface area contributed by atoms with Gasteiger partial charge in [0.2, 0.25) is 30.1 Å². The highest BCUT2D eigenvalue weighted by molar-refractivity contribution is 7.91. The maximum atomic E-state index is 13.5. The van der Waals surface area contributed by atoms with Crippen LogP contribution in [-0.4, -0.2) is 192 Å². The molecule has 3 fully saturated rings. The maximum absolute atomic E-state index is 13.5. The molecular weight excluding hydrogens is 1930 g/mol. The standard InChI is InChI=1S/2C36H44ClN5O5S.C34H42ClN5O5S/c2*1-24-6-4-15-36(46-3,22-42-17-16-38-40-42)31-11-8-28(31)20-41-21-35(14-5-7-26-18-29(37)10-12-30(26)35)23-47-33-13-9-27(19-32(33)41)34(43)39-48(44,45)25(24)2;1-22-6-4-15-34(44-3,19-37-39-36)29-11-8-26(29)18-40-20-33(14-5-7-24-16-27(35)10-12-28(24)33)21-45-31-13-9-25(17-30(31)40)32(41)38-46(42,43)23(22)2/h2*4,9-10,12-13,15-19,24-25,28,31H,5-8,11,14,20-23H2,1-3H3,(H,39,43);4,9-10,12-13,15-17,22-23,26,29H,5-8,11,14,18-21H2,1-3H3,(H,38,41)/b3*15-4+/t2*24-,25+,28-,31+,35-,36-;22-,23+,26-,29+,33-,34?/m000/s1. The summed E-state index contributed by atoms with van der Waals surface area (Å²) in [6.45, 7) is 17.3. The van der Waals surface area contributed by atoms with Crippen molar-refractivity contribution in [3.05, 3.63) is 246 Å². The fourth-order valence-electron chi connectivity index (χ4n) is 24.7. The number of benzene rings is 6. The Labute approximate surface area is 848 Å². The Morgan fingerprint density at radius 3 is 1.05 bits per heavy atom. The Hall–Kier alpha value is -10.1. The molecule has 8 aromatic rings. The lowest BCUT2D eigenvalue weighted by Crippen LogP contribution is -2.54. The molecule has 30 nitrogen and oxygen atoms in total. The van der Waals surface area contributed by atoms with Crippen molar-refractivity contribution in [1.82, 2.24) is 44.2 Å². The van der Waals surface area contributed by atoms with E-state index in [-0.39, 0.29) is 92.7 Å². The summed E-state index contributed by atoms with van der Waals surface area (Å²) in [7, 11) is -6.75. The van der Waals surface area contributed by atoms with Crippen LogP contribution in [0.1, 0.15) is 202 Å². The van der Waals surface area contributed by atoms with E-state index in [1.54, 1.807) is 97.0 Å². The zero-order chi connectivity index (χ0) is 100. The molecule has 3 amide bonds. The predicted molar refractivity (Wildman–Crippen MR) is 549 cm³/mol.